The number of benzene rings is 1. The Kier molecular flexibility index (Phi) is 7.70. The number of nitrogens with two attached hydrogens (primary N) is 1. The summed E-state index contributed by atoms with van der Waals surface area (Å²) < 4.78 is 74.6. The minimum Gasteiger partial charge on any atom is -0.449 e. The van der Waals surface area contributed by atoms with Gasteiger partial charge in [-0.05, 0) is 24.1 Å². The summed E-state index contributed by atoms with van der Waals surface area (Å²) in [6, 6.07) is 2.29. The van der Waals surface area contributed by atoms with Crippen LogP contribution < -0.4 is 61.3 Å². The summed E-state index contributed by atoms with van der Waals surface area (Å²) in [5.74, 6) is -0.486. The Hall–Kier alpha value is 0.351. The summed E-state index contributed by atoms with van der Waals surface area (Å²) in [4.78, 5) is 0. The summed E-state index contributed by atoms with van der Waals surface area (Å²) in [7, 11) is -5.30. The Labute approximate surface area is 157 Å². The molecule has 0 aliphatic heterocycles. The van der Waals surface area contributed by atoms with Crippen LogP contribution in [0, 0.1) is 6.92 Å². The molecule has 0 unspecified atom stereocenters. The van der Waals surface area contributed by atoms with Crippen LogP contribution in [0.1, 0.15) is 16.7 Å². The molecule has 1 rings (SSSR count). The van der Waals surface area contributed by atoms with Crippen LogP contribution in [0.2, 0.25) is 0 Å². The van der Waals surface area contributed by atoms with E-state index in [1.807, 2.05) is 0 Å². The van der Waals surface area contributed by atoms with Crippen molar-refractivity contribution in [3.05, 3.63) is 28.8 Å². The Bertz CT molecular complexity index is 579. The Morgan fingerprint density at radius 3 is 2.25 bits per heavy atom. The molecule has 0 aromatic heterocycles. The predicted octanol–water partition coefficient (Wildman–Crippen LogP) is -1.02. The number of hydrogen-bond donors (Lipinski definition) is 1. The van der Waals surface area contributed by atoms with E-state index in [4.69, 9.17) is 5.73 Å². The van der Waals surface area contributed by atoms with Gasteiger partial charge in [-0.15, -0.1) is 0 Å². The van der Waals surface area contributed by atoms with Crippen LogP contribution in [-0.4, -0.2) is 15.4 Å². The first-order valence-corrected chi connectivity index (χ1v) is 6.50. The first-order valence-electron chi connectivity index (χ1n) is 5.19. The van der Waals surface area contributed by atoms with Crippen molar-refractivity contribution in [3.8, 4) is 5.75 Å². The molecule has 2 N–H and O–H groups in total. The van der Waals surface area contributed by atoms with Crippen LogP contribution in [-0.2, 0) is 23.4 Å². The zero-order chi connectivity index (χ0) is 14.8. The number of hydrogen-bond acceptors (Lipinski definition) is 4. The van der Waals surface area contributed by atoms with E-state index in [0.717, 1.165) is 6.07 Å². The van der Waals surface area contributed by atoms with Crippen molar-refractivity contribution in [1.82, 2.24) is 0 Å². The second-order valence-corrected chi connectivity index (χ2v) is 4.93. The molecule has 0 aliphatic carbocycles. The normalized spacial score (nSPS) is 11.9. The predicted molar refractivity (Wildman–Crippen MR) is 62.5 cm³/mol. The zero-order valence-corrected chi connectivity index (χ0v) is 14.8. The van der Waals surface area contributed by atoms with E-state index < -0.39 is 29.6 Å². The molecular weight excluding hydrogens is 328 g/mol. The third-order valence-electron chi connectivity index (χ3n) is 2.40. The molecule has 0 fully saturated rings. The van der Waals surface area contributed by atoms with Crippen molar-refractivity contribution in [2.24, 2.45) is 5.73 Å². The molecule has 4 nitrogen and oxygen atoms in total. The van der Waals surface area contributed by atoms with Crippen LogP contribution in [0.15, 0.2) is 12.1 Å². The standard InChI is InChI=1S/C9H11BF4NO3S.K/c1-6-8(4-10(11,12)13)2-7(5-15)3-9(6)18-19(14,16)17;/h2-3H,4-5,15H2,1H3;/q-1;+1. The molecule has 0 spiro atoms. The Balaban J connectivity index is 0.00000361. The maximum atomic E-state index is 12.5. The van der Waals surface area contributed by atoms with E-state index in [2.05, 4.69) is 4.18 Å². The third kappa shape index (κ3) is 6.87. The van der Waals surface area contributed by atoms with Gasteiger partial charge in [0.15, 0.2) is 0 Å². The first kappa shape index (κ1) is 20.4. The number of halogens is 4. The van der Waals surface area contributed by atoms with Crippen molar-refractivity contribution in [1.29, 1.82) is 0 Å². The molecule has 20 heavy (non-hydrogen) atoms. The molecule has 0 heterocycles. The second kappa shape index (κ2) is 7.56. The van der Waals surface area contributed by atoms with Gasteiger partial charge in [0, 0.05) is 6.54 Å². The van der Waals surface area contributed by atoms with Gasteiger partial charge in [-0.3, -0.25) is 0 Å². The molecule has 0 saturated carbocycles. The van der Waals surface area contributed by atoms with Crippen LogP contribution in [0.5, 0.6) is 5.75 Å². The minimum atomic E-state index is -5.30. The third-order valence-corrected chi connectivity index (χ3v) is 2.78. The van der Waals surface area contributed by atoms with Gasteiger partial charge in [0.1, 0.15) is 5.75 Å². The summed E-state index contributed by atoms with van der Waals surface area (Å²) in [6.45, 7) is -4.02. The maximum Gasteiger partial charge on any atom is 1.00 e. The fraction of sp³-hybridized carbons (Fsp3) is 0.333. The molecule has 108 valence electrons. The van der Waals surface area contributed by atoms with Gasteiger partial charge in [-0.25, -0.2) is 0 Å². The SMILES string of the molecule is Cc1c(C[B-](F)(F)F)cc(CN)cc1OS(=O)(=O)F.[K+]. The van der Waals surface area contributed by atoms with Crippen molar-refractivity contribution < 1.29 is 80.8 Å². The van der Waals surface area contributed by atoms with E-state index in [0.29, 0.717) is 0 Å². The van der Waals surface area contributed by atoms with Gasteiger partial charge in [0.05, 0.1) is 0 Å². The van der Waals surface area contributed by atoms with Crippen molar-refractivity contribution in [2.45, 2.75) is 19.8 Å². The minimum absolute atomic E-state index is 0. The molecular formula is C9H11BF4KNO3S. The zero-order valence-electron chi connectivity index (χ0n) is 10.9. The molecule has 0 saturated heterocycles. The van der Waals surface area contributed by atoms with Crippen LogP contribution >= 0.6 is 0 Å². The second-order valence-electron chi connectivity index (χ2n) is 3.97. The van der Waals surface area contributed by atoms with Gasteiger partial charge in [-0.2, -0.15) is 8.42 Å². The quantitative estimate of drug-likeness (QED) is 0.424. The van der Waals surface area contributed by atoms with Crippen molar-refractivity contribution >= 4 is 17.5 Å². The molecule has 0 atom stereocenters. The molecule has 1 aromatic rings. The van der Waals surface area contributed by atoms with E-state index >= 15 is 0 Å². The van der Waals surface area contributed by atoms with Crippen LogP contribution in [0.3, 0.4) is 0 Å². The summed E-state index contributed by atoms with van der Waals surface area (Å²) in [5, 5.41) is 0. The number of rotatable bonds is 5. The van der Waals surface area contributed by atoms with E-state index in [1.54, 1.807) is 0 Å². The molecule has 11 heteroatoms. The molecule has 1 aromatic carbocycles. The van der Waals surface area contributed by atoms with E-state index in [9.17, 15) is 25.3 Å². The largest absolute Gasteiger partial charge is 1.00 e. The van der Waals surface area contributed by atoms with Gasteiger partial charge >= 0.3 is 68.9 Å². The summed E-state index contributed by atoms with van der Waals surface area (Å²) in [6.07, 6.45) is -1.22. The fourth-order valence-corrected chi connectivity index (χ4v) is 1.97. The molecule has 0 bridgehead atoms. The summed E-state index contributed by atoms with van der Waals surface area (Å²) >= 11 is 0. The average Bonchev–Trinajstić information content (AvgIpc) is 2.19. The maximum absolute atomic E-state index is 12.5. The van der Waals surface area contributed by atoms with E-state index in [-0.39, 0.29) is 74.6 Å². The Morgan fingerprint density at radius 1 is 1.30 bits per heavy atom. The smallest absolute Gasteiger partial charge is 0.449 e. The van der Waals surface area contributed by atoms with Crippen molar-refractivity contribution in [2.75, 3.05) is 0 Å². The van der Waals surface area contributed by atoms with Gasteiger partial charge in [0.2, 0.25) is 0 Å². The molecule has 0 aliphatic rings. The monoisotopic (exact) mass is 339 g/mol. The Morgan fingerprint density at radius 2 is 1.85 bits per heavy atom. The fourth-order valence-electron chi connectivity index (χ4n) is 1.58. The first-order chi connectivity index (χ1) is 8.52. The van der Waals surface area contributed by atoms with Gasteiger partial charge in [-0.1, -0.05) is 21.8 Å². The summed E-state index contributed by atoms with van der Waals surface area (Å²) in [5.41, 5.74) is 5.24. The molecule has 0 amide bonds. The van der Waals surface area contributed by atoms with Crippen molar-refractivity contribution in [3.63, 3.8) is 0 Å². The van der Waals surface area contributed by atoms with Crippen LogP contribution in [0.4, 0.5) is 16.8 Å². The average molecular weight is 339 g/mol. The molecule has 0 radical (unpaired) electrons. The van der Waals surface area contributed by atoms with Crippen LogP contribution in [0.25, 0.3) is 0 Å². The van der Waals surface area contributed by atoms with Gasteiger partial charge < -0.3 is 22.9 Å². The van der Waals surface area contributed by atoms with Gasteiger partial charge in [0.25, 0.3) is 0 Å². The topological polar surface area (TPSA) is 69.4 Å². The van der Waals surface area contributed by atoms with E-state index in [1.165, 1.54) is 13.0 Å².